The van der Waals surface area contributed by atoms with Crippen LogP contribution in [0.2, 0.25) is 0 Å². The number of likely N-dealkylation sites (tertiary alicyclic amines) is 1. The summed E-state index contributed by atoms with van der Waals surface area (Å²) in [5.41, 5.74) is 0.575. The van der Waals surface area contributed by atoms with E-state index in [0.29, 0.717) is 39.1 Å². The van der Waals surface area contributed by atoms with Crippen LogP contribution in [-0.4, -0.2) is 184 Å². The zero-order valence-corrected chi connectivity index (χ0v) is 39.2. The zero-order valence-electron chi connectivity index (χ0n) is 39.2. The molecule has 23 heteroatoms. The predicted octanol–water partition coefficient (Wildman–Crippen LogP) is 0.400. The minimum absolute atomic E-state index is 0.0382. The molecule has 3 fully saturated rings. The summed E-state index contributed by atoms with van der Waals surface area (Å²) in [5.74, 6) is -6.20. The van der Waals surface area contributed by atoms with E-state index >= 15 is 0 Å². The standard InChI is InChI=1S/C47H62N4O19/c1-26-30(69-34-25-67-15-11-48-34)6-7-36(68-26)70-32-23-47(61,22-29-38(32)44(57)40-39(42(29)55)41(54)28-4-3-5-31(62-2)37(28)43(40)56)46(60)50-49-33(52)9-13-63-16-18-65-20-21-66-19-17-64-14-10-35(53)51-12-8-27(24-51)45(58)59/h3-5,26-27,30,32,34,36,48,55,57,61H,6-25H2,1-2H3,(H,49,52)(H,50,60)(H,58,59)/t26-,27?,30-,32-,34?,36?,47-/m0/s1. The predicted molar refractivity (Wildman–Crippen MR) is 239 cm³/mol. The Balaban J connectivity index is 0.882. The average Bonchev–Trinajstić information content (AvgIpc) is 3.86. The lowest BCUT2D eigenvalue weighted by Gasteiger charge is -2.42. The van der Waals surface area contributed by atoms with Crippen LogP contribution in [0, 0.1) is 5.92 Å². The maximum Gasteiger partial charge on any atom is 0.308 e. The fourth-order valence-corrected chi connectivity index (χ4v) is 9.18. The number of carbonyl (C=O) groups is 6. The largest absolute Gasteiger partial charge is 0.507 e. The van der Waals surface area contributed by atoms with Gasteiger partial charge in [-0.25, -0.2) is 0 Å². The van der Waals surface area contributed by atoms with Gasteiger partial charge in [0.25, 0.3) is 5.91 Å². The molecule has 3 unspecified atom stereocenters. The Kier molecular flexibility index (Phi) is 18.1. The number of aliphatic hydroxyl groups is 1. The van der Waals surface area contributed by atoms with Gasteiger partial charge in [-0.15, -0.1) is 0 Å². The summed E-state index contributed by atoms with van der Waals surface area (Å²) in [6, 6.07) is 4.37. The Morgan fingerprint density at radius 2 is 1.54 bits per heavy atom. The van der Waals surface area contributed by atoms with Crippen molar-refractivity contribution in [1.82, 2.24) is 21.1 Å². The molecule has 0 saturated carbocycles. The molecule has 0 spiro atoms. The molecule has 5 aliphatic rings. The number of carboxylic acid groups (broad SMARTS) is 1. The van der Waals surface area contributed by atoms with Gasteiger partial charge in [-0.2, -0.15) is 0 Å². The van der Waals surface area contributed by atoms with E-state index in [9.17, 15) is 44.1 Å². The van der Waals surface area contributed by atoms with Gasteiger partial charge in [-0.1, -0.05) is 12.1 Å². The van der Waals surface area contributed by atoms with Crippen LogP contribution in [0.15, 0.2) is 18.2 Å². The van der Waals surface area contributed by atoms with Crippen LogP contribution in [-0.2, 0) is 63.5 Å². The first-order chi connectivity index (χ1) is 33.7. The molecule has 0 bridgehead atoms. The fourth-order valence-electron chi connectivity index (χ4n) is 9.18. The normalized spacial score (nSPS) is 25.2. The van der Waals surface area contributed by atoms with E-state index in [1.54, 1.807) is 11.8 Å². The van der Waals surface area contributed by atoms with Crippen molar-refractivity contribution in [2.75, 3.05) is 92.8 Å². The first kappa shape index (κ1) is 52.5. The van der Waals surface area contributed by atoms with Gasteiger partial charge in [0, 0.05) is 55.6 Å². The summed E-state index contributed by atoms with van der Waals surface area (Å²) in [6.45, 7) is 5.64. The van der Waals surface area contributed by atoms with Crippen molar-refractivity contribution in [2.45, 2.75) is 88.3 Å². The van der Waals surface area contributed by atoms with E-state index < -0.39 is 94.8 Å². The highest BCUT2D eigenvalue weighted by atomic mass is 16.7. The molecule has 7 N–H and O–H groups in total. The Morgan fingerprint density at radius 1 is 0.857 bits per heavy atom. The number of methoxy groups -OCH3 is 1. The number of carbonyl (C=O) groups excluding carboxylic acids is 5. The summed E-state index contributed by atoms with van der Waals surface area (Å²) in [7, 11) is 1.33. The van der Waals surface area contributed by atoms with Gasteiger partial charge in [0.05, 0.1) is 127 Å². The Bertz CT molecular complexity index is 2240. The highest BCUT2D eigenvalue weighted by molar-refractivity contribution is 6.31. The Labute approximate surface area is 403 Å². The number of hydrogen-bond donors (Lipinski definition) is 7. The molecule has 3 heterocycles. The van der Waals surface area contributed by atoms with E-state index in [1.807, 2.05) is 0 Å². The number of phenols is 2. The smallest absolute Gasteiger partial charge is 0.308 e. The van der Waals surface area contributed by atoms with E-state index in [1.165, 1.54) is 25.3 Å². The van der Waals surface area contributed by atoms with Crippen LogP contribution < -0.4 is 20.9 Å². The van der Waals surface area contributed by atoms with Crippen molar-refractivity contribution in [3.05, 3.63) is 51.6 Å². The summed E-state index contributed by atoms with van der Waals surface area (Å²) in [4.78, 5) is 79.5. The molecular weight excluding hydrogens is 925 g/mol. The van der Waals surface area contributed by atoms with Crippen LogP contribution in [0.25, 0.3) is 0 Å². The molecule has 7 atom stereocenters. The van der Waals surface area contributed by atoms with E-state index in [0.717, 1.165) is 0 Å². The number of ketones is 2. The number of benzene rings is 2. The number of hydrazine groups is 1. The average molecular weight is 987 g/mol. The molecule has 3 saturated heterocycles. The van der Waals surface area contributed by atoms with Crippen LogP contribution in [0.3, 0.4) is 0 Å². The zero-order chi connectivity index (χ0) is 50.0. The third kappa shape index (κ3) is 12.4. The van der Waals surface area contributed by atoms with Crippen molar-refractivity contribution < 1.29 is 91.8 Å². The van der Waals surface area contributed by atoms with Gasteiger partial charge in [-0.05, 0) is 25.8 Å². The van der Waals surface area contributed by atoms with E-state index in [4.69, 9.17) is 47.7 Å². The Hall–Kier alpha value is -5.34. The highest BCUT2D eigenvalue weighted by Gasteiger charge is 2.50. The van der Waals surface area contributed by atoms with Crippen LogP contribution in [0.4, 0.5) is 0 Å². The lowest BCUT2D eigenvalue weighted by molar-refractivity contribution is -0.258. The second-order valence-corrected chi connectivity index (χ2v) is 17.6. The second kappa shape index (κ2) is 24.2. The topological polar surface area (TPSA) is 306 Å². The quantitative estimate of drug-likeness (QED) is 0.0407. The van der Waals surface area contributed by atoms with Crippen LogP contribution >= 0.6 is 0 Å². The molecule has 70 heavy (non-hydrogen) atoms. The molecule has 384 valence electrons. The van der Waals surface area contributed by atoms with E-state index in [2.05, 4.69) is 16.2 Å². The number of nitrogens with zero attached hydrogens (tertiary/aromatic N) is 1. The lowest BCUT2D eigenvalue weighted by Crippen LogP contribution is -2.56. The summed E-state index contributed by atoms with van der Waals surface area (Å²) in [5, 5.41) is 48.2. The van der Waals surface area contributed by atoms with Crippen molar-refractivity contribution in [3.63, 3.8) is 0 Å². The molecule has 2 aromatic rings. The summed E-state index contributed by atoms with van der Waals surface area (Å²) in [6.07, 6.45) is -3.53. The number of aromatic hydroxyl groups is 2. The highest BCUT2D eigenvalue weighted by Crippen LogP contribution is 2.52. The maximum absolute atomic E-state index is 14.1. The van der Waals surface area contributed by atoms with E-state index in [-0.39, 0.29) is 125 Å². The monoisotopic (exact) mass is 986 g/mol. The third-order valence-electron chi connectivity index (χ3n) is 12.9. The number of amides is 3. The molecular formula is C47H62N4O19. The van der Waals surface area contributed by atoms with Gasteiger partial charge >= 0.3 is 5.97 Å². The molecule has 23 nitrogen and oxygen atoms in total. The van der Waals surface area contributed by atoms with Gasteiger partial charge in [0.15, 0.2) is 17.7 Å². The number of morpholine rings is 1. The molecule has 3 amide bonds. The van der Waals surface area contributed by atoms with Crippen LogP contribution in [0.5, 0.6) is 17.2 Å². The molecule has 3 aliphatic heterocycles. The van der Waals surface area contributed by atoms with Crippen LogP contribution in [0.1, 0.15) is 94.5 Å². The molecule has 2 aromatic carbocycles. The summed E-state index contributed by atoms with van der Waals surface area (Å²) >= 11 is 0. The fraction of sp³-hybridized carbons (Fsp3) is 0.617. The minimum atomic E-state index is -2.40. The third-order valence-corrected chi connectivity index (χ3v) is 12.9. The molecule has 0 aromatic heterocycles. The number of ether oxygens (including phenoxy) is 9. The van der Waals surface area contributed by atoms with Crippen molar-refractivity contribution in [1.29, 1.82) is 0 Å². The second-order valence-electron chi connectivity index (χ2n) is 17.6. The molecule has 2 aliphatic carbocycles. The number of rotatable bonds is 22. The van der Waals surface area contributed by atoms with Gasteiger partial charge < -0.3 is 68.0 Å². The van der Waals surface area contributed by atoms with Crippen molar-refractivity contribution in [2.24, 2.45) is 5.92 Å². The first-order valence-electron chi connectivity index (χ1n) is 23.5. The number of hydrogen-bond acceptors (Lipinski definition) is 19. The number of carboxylic acids is 1. The summed E-state index contributed by atoms with van der Waals surface area (Å²) < 4.78 is 51.5. The van der Waals surface area contributed by atoms with Crippen molar-refractivity contribution in [3.8, 4) is 17.2 Å². The number of aliphatic carboxylic acids is 1. The Morgan fingerprint density at radius 3 is 2.19 bits per heavy atom. The first-order valence-corrected chi connectivity index (χ1v) is 23.5. The number of phenolic OH excluding ortho intramolecular Hbond substituents is 2. The lowest BCUT2D eigenvalue weighted by atomic mass is 9.72. The van der Waals surface area contributed by atoms with Gasteiger partial charge in [0.1, 0.15) is 23.5 Å². The SMILES string of the molecule is COc1cccc2c1C(=O)c1c(O)c3c(c(O)c1C2=O)C[C@@](O)(C(=O)NNC(=O)CCOCCOCCOCCOCCC(=O)N1CCC(C(=O)O)C1)C[C@@H]3OC1CC[C@H](OC2COCCN2)[C@H](C)O1. The minimum Gasteiger partial charge on any atom is -0.507 e. The maximum atomic E-state index is 14.1. The number of nitrogens with one attached hydrogen (secondary N) is 3. The number of fused-ring (bicyclic) bond motifs is 3. The van der Waals surface area contributed by atoms with Crippen molar-refractivity contribution >= 4 is 35.3 Å². The van der Waals surface area contributed by atoms with Gasteiger partial charge in [0.2, 0.25) is 17.6 Å². The molecule has 0 radical (unpaired) electrons. The van der Waals surface area contributed by atoms with Gasteiger partial charge in [-0.3, -0.25) is 44.9 Å². The molecule has 7 rings (SSSR count).